The molecule has 5 nitrogen and oxygen atoms in total. The fraction of sp³-hybridized carbons (Fsp3) is 0.500. The number of methoxy groups -OCH3 is 1. The fourth-order valence-electron chi connectivity index (χ4n) is 1.72. The summed E-state index contributed by atoms with van der Waals surface area (Å²) in [5.74, 6) is 0.326. The van der Waals surface area contributed by atoms with Crippen molar-refractivity contribution in [3.8, 4) is 0 Å². The van der Waals surface area contributed by atoms with E-state index < -0.39 is 0 Å². The van der Waals surface area contributed by atoms with Gasteiger partial charge in [-0.3, -0.25) is 4.79 Å². The number of rotatable bonds is 5. The second-order valence-electron chi connectivity index (χ2n) is 3.94. The van der Waals surface area contributed by atoms with Crippen molar-refractivity contribution in [3.63, 3.8) is 0 Å². The van der Waals surface area contributed by atoms with Gasteiger partial charge in [-0.05, 0) is 12.1 Å². The van der Waals surface area contributed by atoms with Gasteiger partial charge in [0.05, 0.1) is 30.0 Å². The Hall–Kier alpha value is -1.11. The predicted octanol–water partition coefficient (Wildman–Crippen LogP) is 0.704. The zero-order valence-corrected chi connectivity index (χ0v) is 11.0. The number of carbonyl (C=O) groups excluding carboxylic acids is 1. The number of ether oxygens (including phenoxy) is 2. The van der Waals surface area contributed by atoms with Crippen LogP contribution in [0.2, 0.25) is 0 Å². The molecule has 2 heterocycles. The Morgan fingerprint density at radius 2 is 2.50 bits per heavy atom. The highest BCUT2D eigenvalue weighted by molar-refractivity contribution is 7.99. The Morgan fingerprint density at radius 3 is 3.22 bits per heavy atom. The maximum Gasteiger partial charge on any atom is 0.230 e. The molecule has 1 aliphatic heterocycles. The molecule has 2 rings (SSSR count). The van der Waals surface area contributed by atoms with Gasteiger partial charge < -0.3 is 14.8 Å². The third kappa shape index (κ3) is 3.69. The van der Waals surface area contributed by atoms with Crippen molar-refractivity contribution in [3.05, 3.63) is 24.4 Å². The standard InChI is InChI=1S/C12H16N2O3S/c1-16-10-7-17-6-9(10)14-11(15)8-18-12-4-2-3-5-13-12/h2-5,9-10H,6-8H2,1H3,(H,14,15)/t9-,10-/m0/s1. The van der Waals surface area contributed by atoms with Gasteiger partial charge >= 0.3 is 0 Å². The maximum atomic E-state index is 11.8. The zero-order chi connectivity index (χ0) is 12.8. The van der Waals surface area contributed by atoms with E-state index in [2.05, 4.69) is 10.3 Å². The number of nitrogens with one attached hydrogen (secondary N) is 1. The number of hydrogen-bond acceptors (Lipinski definition) is 5. The highest BCUT2D eigenvalue weighted by Crippen LogP contribution is 2.14. The lowest BCUT2D eigenvalue weighted by molar-refractivity contribution is -0.119. The van der Waals surface area contributed by atoms with Crippen LogP contribution in [0.3, 0.4) is 0 Å². The largest absolute Gasteiger partial charge is 0.377 e. The Balaban J connectivity index is 1.75. The summed E-state index contributed by atoms with van der Waals surface area (Å²) in [6, 6.07) is 5.59. The van der Waals surface area contributed by atoms with Crippen LogP contribution in [0, 0.1) is 0 Å². The van der Waals surface area contributed by atoms with Crippen LogP contribution in [0.15, 0.2) is 29.4 Å². The fourth-order valence-corrected chi connectivity index (χ4v) is 2.39. The van der Waals surface area contributed by atoms with Gasteiger partial charge in [0, 0.05) is 13.3 Å². The van der Waals surface area contributed by atoms with E-state index in [1.165, 1.54) is 11.8 Å². The Kier molecular flexibility index (Phi) is 4.98. The second-order valence-corrected chi connectivity index (χ2v) is 4.94. The minimum atomic E-state index is -0.0492. The molecule has 1 saturated heterocycles. The van der Waals surface area contributed by atoms with Crippen molar-refractivity contribution in [2.45, 2.75) is 17.2 Å². The van der Waals surface area contributed by atoms with Crippen LogP contribution in [0.4, 0.5) is 0 Å². The molecule has 0 radical (unpaired) electrons. The van der Waals surface area contributed by atoms with Gasteiger partial charge in [-0.2, -0.15) is 0 Å². The summed E-state index contributed by atoms with van der Waals surface area (Å²) in [5, 5.41) is 3.76. The molecular weight excluding hydrogens is 252 g/mol. The number of aromatic nitrogens is 1. The van der Waals surface area contributed by atoms with Gasteiger partial charge in [0.2, 0.25) is 5.91 Å². The summed E-state index contributed by atoms with van der Waals surface area (Å²) in [6.07, 6.45) is 1.67. The molecule has 0 saturated carbocycles. The average molecular weight is 268 g/mol. The Labute approximate surface area is 110 Å². The van der Waals surface area contributed by atoms with Crippen LogP contribution >= 0.6 is 11.8 Å². The molecule has 0 spiro atoms. The molecule has 6 heteroatoms. The van der Waals surface area contributed by atoms with Crippen LogP contribution in [-0.4, -0.2) is 49.1 Å². The highest BCUT2D eigenvalue weighted by Gasteiger charge is 2.29. The van der Waals surface area contributed by atoms with Gasteiger partial charge in [0.15, 0.2) is 0 Å². The first-order chi connectivity index (χ1) is 8.79. The average Bonchev–Trinajstić information content (AvgIpc) is 2.85. The molecule has 0 aromatic carbocycles. The third-order valence-corrected chi connectivity index (χ3v) is 3.61. The van der Waals surface area contributed by atoms with E-state index in [-0.39, 0.29) is 18.1 Å². The second kappa shape index (κ2) is 6.72. The van der Waals surface area contributed by atoms with Gasteiger partial charge in [-0.25, -0.2) is 4.98 Å². The molecule has 98 valence electrons. The van der Waals surface area contributed by atoms with Crippen LogP contribution in [0.25, 0.3) is 0 Å². The monoisotopic (exact) mass is 268 g/mol. The third-order valence-electron chi connectivity index (χ3n) is 2.67. The quantitative estimate of drug-likeness (QED) is 0.797. The summed E-state index contributed by atoms with van der Waals surface area (Å²) in [6.45, 7) is 1.05. The molecule has 0 bridgehead atoms. The molecule has 0 aliphatic carbocycles. The summed E-state index contributed by atoms with van der Waals surface area (Å²) in [5.41, 5.74) is 0. The van der Waals surface area contributed by atoms with Gasteiger partial charge in [0.25, 0.3) is 0 Å². The van der Waals surface area contributed by atoms with Crippen molar-refractivity contribution >= 4 is 17.7 Å². The number of pyridine rings is 1. The smallest absolute Gasteiger partial charge is 0.230 e. The highest BCUT2D eigenvalue weighted by atomic mass is 32.2. The summed E-state index contributed by atoms with van der Waals surface area (Å²) >= 11 is 1.42. The van der Waals surface area contributed by atoms with Crippen LogP contribution in [-0.2, 0) is 14.3 Å². The summed E-state index contributed by atoms with van der Waals surface area (Å²) in [7, 11) is 1.63. The predicted molar refractivity (Wildman–Crippen MR) is 68.5 cm³/mol. The maximum absolute atomic E-state index is 11.8. The van der Waals surface area contributed by atoms with Crippen LogP contribution < -0.4 is 5.32 Å². The topological polar surface area (TPSA) is 60.5 Å². The lowest BCUT2D eigenvalue weighted by atomic mass is 10.2. The molecule has 1 fully saturated rings. The minimum Gasteiger partial charge on any atom is -0.377 e. The molecule has 2 atom stereocenters. The van der Waals surface area contributed by atoms with Crippen molar-refractivity contribution in [2.75, 3.05) is 26.1 Å². The first kappa shape index (κ1) is 13.3. The van der Waals surface area contributed by atoms with E-state index in [4.69, 9.17) is 9.47 Å². The van der Waals surface area contributed by atoms with Crippen LogP contribution in [0.5, 0.6) is 0 Å². The van der Waals surface area contributed by atoms with Crippen molar-refractivity contribution in [1.29, 1.82) is 0 Å². The molecule has 1 aromatic rings. The van der Waals surface area contributed by atoms with E-state index in [1.807, 2.05) is 18.2 Å². The molecule has 1 aliphatic rings. The molecule has 1 N–H and O–H groups in total. The lowest BCUT2D eigenvalue weighted by Crippen LogP contribution is -2.44. The molecule has 1 amide bonds. The summed E-state index contributed by atoms with van der Waals surface area (Å²) < 4.78 is 10.5. The van der Waals surface area contributed by atoms with Crippen molar-refractivity contribution in [2.24, 2.45) is 0 Å². The Bertz CT molecular complexity index is 388. The Morgan fingerprint density at radius 1 is 1.61 bits per heavy atom. The number of nitrogens with zero attached hydrogens (tertiary/aromatic N) is 1. The van der Waals surface area contributed by atoms with E-state index >= 15 is 0 Å². The van der Waals surface area contributed by atoms with Gasteiger partial charge in [-0.1, -0.05) is 17.8 Å². The van der Waals surface area contributed by atoms with Crippen molar-refractivity contribution < 1.29 is 14.3 Å². The van der Waals surface area contributed by atoms with E-state index in [1.54, 1.807) is 13.3 Å². The number of amides is 1. The minimum absolute atomic E-state index is 0.0248. The van der Waals surface area contributed by atoms with E-state index in [0.29, 0.717) is 19.0 Å². The molecule has 0 unspecified atom stereocenters. The zero-order valence-electron chi connectivity index (χ0n) is 10.2. The number of thioether (sulfide) groups is 1. The van der Waals surface area contributed by atoms with E-state index in [0.717, 1.165) is 5.03 Å². The lowest BCUT2D eigenvalue weighted by Gasteiger charge is -2.17. The van der Waals surface area contributed by atoms with Gasteiger partial charge in [0.1, 0.15) is 6.10 Å². The number of hydrogen-bond donors (Lipinski definition) is 1. The normalized spacial score (nSPS) is 22.9. The molecule has 18 heavy (non-hydrogen) atoms. The SMILES string of the molecule is CO[C@H]1COC[C@@H]1NC(=O)CSc1ccccn1. The first-order valence-corrected chi connectivity index (χ1v) is 6.72. The number of carbonyl (C=O) groups is 1. The summed E-state index contributed by atoms with van der Waals surface area (Å²) in [4.78, 5) is 15.9. The molecule has 1 aromatic heterocycles. The van der Waals surface area contributed by atoms with Crippen LogP contribution in [0.1, 0.15) is 0 Å². The first-order valence-electron chi connectivity index (χ1n) is 5.73. The molecular formula is C12H16N2O3S. The van der Waals surface area contributed by atoms with E-state index in [9.17, 15) is 4.79 Å². The van der Waals surface area contributed by atoms with Crippen molar-refractivity contribution in [1.82, 2.24) is 10.3 Å². The van der Waals surface area contributed by atoms with Gasteiger partial charge in [-0.15, -0.1) is 0 Å².